The van der Waals surface area contributed by atoms with Crippen LogP contribution in [0.25, 0.3) is 0 Å². The Morgan fingerprint density at radius 2 is 1.54 bits per heavy atom. The van der Waals surface area contributed by atoms with Crippen LogP contribution in [-0.2, 0) is 18.7 Å². The molecule has 3 heteroatoms. The van der Waals surface area contributed by atoms with E-state index in [4.69, 9.17) is 0 Å². The lowest BCUT2D eigenvalue weighted by Crippen LogP contribution is -2.36. The summed E-state index contributed by atoms with van der Waals surface area (Å²) < 4.78 is 0. The van der Waals surface area contributed by atoms with Crippen LogP contribution in [0.2, 0.25) is 0 Å². The van der Waals surface area contributed by atoms with E-state index < -0.39 is 0 Å². The molecule has 0 radical (unpaired) electrons. The summed E-state index contributed by atoms with van der Waals surface area (Å²) in [4.78, 5) is 16.2. The van der Waals surface area contributed by atoms with Crippen LogP contribution < -0.4 is 0 Å². The summed E-state index contributed by atoms with van der Waals surface area (Å²) in [5.41, 5.74) is 4.71. The van der Waals surface area contributed by atoms with E-state index in [0.29, 0.717) is 6.54 Å². The van der Waals surface area contributed by atoms with Crippen molar-refractivity contribution >= 4 is 17.7 Å². The van der Waals surface area contributed by atoms with Gasteiger partial charge >= 0.3 is 0 Å². The van der Waals surface area contributed by atoms with Crippen molar-refractivity contribution in [3.8, 4) is 0 Å². The first-order valence-electron chi connectivity index (χ1n) is 8.93. The number of amides is 1. The lowest BCUT2D eigenvalue weighted by molar-refractivity contribution is 0.0731. The van der Waals surface area contributed by atoms with Crippen LogP contribution in [0, 0.1) is 0 Å². The van der Waals surface area contributed by atoms with Crippen LogP contribution in [0.4, 0.5) is 0 Å². The zero-order valence-electron chi connectivity index (χ0n) is 14.6. The Balaban J connectivity index is 1.52. The summed E-state index contributed by atoms with van der Waals surface area (Å²) in [6.07, 6.45) is 0.932. The van der Waals surface area contributed by atoms with Crippen molar-refractivity contribution < 1.29 is 4.79 Å². The van der Waals surface area contributed by atoms with Crippen molar-refractivity contribution in [2.24, 2.45) is 0 Å². The molecule has 1 heterocycles. The predicted molar refractivity (Wildman–Crippen MR) is 107 cm³/mol. The molecule has 0 aromatic heterocycles. The lowest BCUT2D eigenvalue weighted by atomic mass is 9.99. The molecule has 1 aliphatic rings. The van der Waals surface area contributed by atoms with Crippen LogP contribution in [0.3, 0.4) is 0 Å². The summed E-state index contributed by atoms with van der Waals surface area (Å²) in [5.74, 6) is 1.00. The summed E-state index contributed by atoms with van der Waals surface area (Å²) in [5, 5.41) is 0. The largest absolute Gasteiger partial charge is 0.334 e. The first-order valence-corrected chi connectivity index (χ1v) is 9.91. The Morgan fingerprint density at radius 3 is 2.38 bits per heavy atom. The SMILES string of the molecule is O=C(c1ccccc1SCc1ccccc1)N1CCc2ccccc2C1. The highest BCUT2D eigenvalue weighted by molar-refractivity contribution is 7.98. The molecule has 26 heavy (non-hydrogen) atoms. The lowest BCUT2D eigenvalue weighted by Gasteiger charge is -2.29. The third-order valence-corrected chi connectivity index (χ3v) is 5.92. The Bertz CT molecular complexity index is 907. The topological polar surface area (TPSA) is 20.3 Å². The number of carbonyl (C=O) groups excluding carboxylic acids is 1. The fraction of sp³-hybridized carbons (Fsp3) is 0.174. The maximum absolute atomic E-state index is 13.2. The highest BCUT2D eigenvalue weighted by Gasteiger charge is 2.23. The zero-order valence-corrected chi connectivity index (χ0v) is 15.4. The van der Waals surface area contributed by atoms with Crippen molar-refractivity contribution in [1.82, 2.24) is 4.90 Å². The standard InChI is InChI=1S/C23H21NOS/c25-23(24-15-14-19-10-4-5-11-20(19)16-24)21-12-6-7-13-22(21)26-17-18-8-2-1-3-9-18/h1-13H,14-17H2. The van der Waals surface area contributed by atoms with Crippen molar-refractivity contribution in [3.05, 3.63) is 101 Å². The minimum atomic E-state index is 0.135. The molecule has 130 valence electrons. The maximum atomic E-state index is 13.2. The van der Waals surface area contributed by atoms with E-state index >= 15 is 0 Å². The number of thioether (sulfide) groups is 1. The number of hydrogen-bond acceptors (Lipinski definition) is 2. The molecule has 1 amide bonds. The summed E-state index contributed by atoms with van der Waals surface area (Å²) in [6, 6.07) is 26.8. The first kappa shape index (κ1) is 16.9. The van der Waals surface area contributed by atoms with E-state index in [1.54, 1.807) is 11.8 Å². The highest BCUT2D eigenvalue weighted by atomic mass is 32.2. The van der Waals surface area contributed by atoms with Gasteiger partial charge in [-0.3, -0.25) is 4.79 Å². The molecule has 0 atom stereocenters. The van der Waals surface area contributed by atoms with Crippen LogP contribution in [-0.4, -0.2) is 17.4 Å². The number of rotatable bonds is 4. The van der Waals surface area contributed by atoms with Crippen LogP contribution in [0.15, 0.2) is 83.8 Å². The van der Waals surface area contributed by atoms with Crippen molar-refractivity contribution in [2.75, 3.05) is 6.54 Å². The molecule has 0 spiro atoms. The molecule has 0 saturated heterocycles. The molecule has 1 aliphatic heterocycles. The van der Waals surface area contributed by atoms with Crippen LogP contribution >= 0.6 is 11.8 Å². The van der Waals surface area contributed by atoms with Crippen molar-refractivity contribution in [1.29, 1.82) is 0 Å². The van der Waals surface area contributed by atoms with Gasteiger partial charge in [0.25, 0.3) is 5.91 Å². The van der Waals surface area contributed by atoms with E-state index in [1.807, 2.05) is 29.2 Å². The molecule has 3 aromatic rings. The summed E-state index contributed by atoms with van der Waals surface area (Å²) >= 11 is 1.73. The minimum Gasteiger partial charge on any atom is -0.334 e. The molecular weight excluding hydrogens is 338 g/mol. The second kappa shape index (κ2) is 7.79. The van der Waals surface area contributed by atoms with Gasteiger partial charge in [0, 0.05) is 23.7 Å². The molecule has 0 saturated carbocycles. The van der Waals surface area contributed by atoms with E-state index in [2.05, 4.69) is 54.6 Å². The normalized spacial score (nSPS) is 13.3. The molecule has 0 unspecified atom stereocenters. The van der Waals surface area contributed by atoms with Gasteiger partial charge in [-0.15, -0.1) is 11.8 Å². The Hall–Kier alpha value is -2.52. The van der Waals surface area contributed by atoms with E-state index in [9.17, 15) is 4.79 Å². The second-order valence-electron chi connectivity index (χ2n) is 6.52. The monoisotopic (exact) mass is 359 g/mol. The van der Waals surface area contributed by atoms with E-state index in [-0.39, 0.29) is 5.91 Å². The third-order valence-electron chi connectivity index (χ3n) is 4.77. The minimum absolute atomic E-state index is 0.135. The molecule has 0 bridgehead atoms. The highest BCUT2D eigenvalue weighted by Crippen LogP contribution is 2.28. The maximum Gasteiger partial charge on any atom is 0.255 e. The van der Waals surface area contributed by atoms with Gasteiger partial charge in [-0.2, -0.15) is 0 Å². The fourth-order valence-electron chi connectivity index (χ4n) is 3.34. The smallest absolute Gasteiger partial charge is 0.255 e. The second-order valence-corrected chi connectivity index (χ2v) is 7.53. The molecule has 0 N–H and O–H groups in total. The number of carbonyl (C=O) groups is 1. The van der Waals surface area contributed by atoms with Crippen LogP contribution in [0.5, 0.6) is 0 Å². The zero-order chi connectivity index (χ0) is 17.8. The number of hydrogen-bond donors (Lipinski definition) is 0. The summed E-state index contributed by atoms with van der Waals surface area (Å²) in [6.45, 7) is 1.49. The van der Waals surface area contributed by atoms with Gasteiger partial charge in [-0.25, -0.2) is 0 Å². The number of nitrogens with zero attached hydrogens (tertiary/aromatic N) is 1. The van der Waals surface area contributed by atoms with Gasteiger partial charge < -0.3 is 4.90 Å². The first-order chi connectivity index (χ1) is 12.8. The molecule has 0 fully saturated rings. The van der Waals surface area contributed by atoms with Gasteiger partial charge in [-0.05, 0) is 35.2 Å². The van der Waals surface area contributed by atoms with Crippen molar-refractivity contribution in [3.63, 3.8) is 0 Å². The Labute approximate surface area is 158 Å². The fourth-order valence-corrected chi connectivity index (χ4v) is 4.34. The predicted octanol–water partition coefficient (Wildman–Crippen LogP) is 5.18. The number of fused-ring (bicyclic) bond motifs is 1. The third kappa shape index (κ3) is 3.68. The Morgan fingerprint density at radius 1 is 0.846 bits per heavy atom. The van der Waals surface area contributed by atoms with Crippen LogP contribution in [0.1, 0.15) is 27.0 Å². The average Bonchev–Trinajstić information content (AvgIpc) is 2.72. The number of benzene rings is 3. The van der Waals surface area contributed by atoms with Gasteiger partial charge in [-0.1, -0.05) is 66.7 Å². The molecule has 2 nitrogen and oxygen atoms in total. The average molecular weight is 359 g/mol. The van der Waals surface area contributed by atoms with Gasteiger partial charge in [0.05, 0.1) is 5.56 Å². The van der Waals surface area contributed by atoms with Crippen molar-refractivity contribution in [2.45, 2.75) is 23.6 Å². The molecule has 3 aromatic carbocycles. The Kier molecular flexibility index (Phi) is 5.07. The van der Waals surface area contributed by atoms with Gasteiger partial charge in [0.15, 0.2) is 0 Å². The van der Waals surface area contributed by atoms with E-state index in [0.717, 1.165) is 29.2 Å². The van der Waals surface area contributed by atoms with E-state index in [1.165, 1.54) is 16.7 Å². The quantitative estimate of drug-likeness (QED) is 0.599. The summed E-state index contributed by atoms with van der Waals surface area (Å²) in [7, 11) is 0. The van der Waals surface area contributed by atoms with Gasteiger partial charge in [0.2, 0.25) is 0 Å². The molecule has 0 aliphatic carbocycles. The van der Waals surface area contributed by atoms with Gasteiger partial charge in [0.1, 0.15) is 0 Å². The molecular formula is C23H21NOS. The molecule has 4 rings (SSSR count).